The smallest absolute Gasteiger partial charge is 0.0991 e. The Labute approximate surface area is 121 Å². The van der Waals surface area contributed by atoms with Crippen LogP contribution in [0.1, 0.15) is 33.6 Å². The van der Waals surface area contributed by atoms with Crippen molar-refractivity contribution in [2.45, 2.75) is 39.7 Å². The first-order chi connectivity index (χ1) is 9.53. The van der Waals surface area contributed by atoms with Gasteiger partial charge in [0, 0.05) is 29.8 Å². The first-order valence-electron chi connectivity index (χ1n) is 7.38. The molecule has 1 fully saturated rings. The molecule has 0 bridgehead atoms. The highest BCUT2D eigenvalue weighted by molar-refractivity contribution is 5.52. The first kappa shape index (κ1) is 13.2. The van der Waals surface area contributed by atoms with Crippen molar-refractivity contribution in [3.8, 4) is 5.69 Å². The van der Waals surface area contributed by atoms with Crippen LogP contribution < -0.4 is 5.32 Å². The molecule has 1 N–H and O–H groups in total. The molecule has 106 valence electrons. The van der Waals surface area contributed by atoms with Crippen LogP contribution in [0, 0.1) is 11.3 Å². The second-order valence-corrected chi connectivity index (χ2v) is 6.82. The molecule has 3 nitrogen and oxygen atoms in total. The van der Waals surface area contributed by atoms with E-state index >= 15 is 0 Å². The van der Waals surface area contributed by atoms with Crippen molar-refractivity contribution < 1.29 is 0 Å². The lowest BCUT2D eigenvalue weighted by Crippen LogP contribution is -2.22. The number of imidazole rings is 1. The fraction of sp³-hybridized carbons (Fsp3) is 0.471. The van der Waals surface area contributed by atoms with Gasteiger partial charge < -0.3 is 9.88 Å². The Morgan fingerprint density at radius 3 is 2.80 bits per heavy atom. The monoisotopic (exact) mass is 269 g/mol. The van der Waals surface area contributed by atoms with Gasteiger partial charge in [0.1, 0.15) is 0 Å². The highest BCUT2D eigenvalue weighted by atomic mass is 15.0. The molecule has 0 aliphatic heterocycles. The number of nitrogens with one attached hydrogen (secondary N) is 1. The molecule has 1 aromatic carbocycles. The summed E-state index contributed by atoms with van der Waals surface area (Å²) in [5.74, 6) is 0.724. The minimum atomic E-state index is 0.457. The van der Waals surface area contributed by atoms with E-state index < -0.39 is 0 Å². The fourth-order valence-electron chi connectivity index (χ4n) is 3.47. The van der Waals surface area contributed by atoms with Crippen molar-refractivity contribution in [3.63, 3.8) is 0 Å². The highest BCUT2D eigenvalue weighted by Gasteiger charge is 2.36. The van der Waals surface area contributed by atoms with Crippen molar-refractivity contribution in [3.05, 3.63) is 43.0 Å². The van der Waals surface area contributed by atoms with Gasteiger partial charge in [-0.3, -0.25) is 0 Å². The molecule has 2 unspecified atom stereocenters. The van der Waals surface area contributed by atoms with Crippen molar-refractivity contribution in [2.24, 2.45) is 11.3 Å². The van der Waals surface area contributed by atoms with Gasteiger partial charge in [-0.2, -0.15) is 0 Å². The number of aromatic nitrogens is 2. The third-order valence-electron chi connectivity index (χ3n) is 4.33. The highest BCUT2D eigenvalue weighted by Crippen LogP contribution is 2.42. The van der Waals surface area contributed by atoms with E-state index in [0.717, 1.165) is 11.6 Å². The maximum absolute atomic E-state index is 4.11. The molecule has 0 spiro atoms. The maximum Gasteiger partial charge on any atom is 0.0991 e. The van der Waals surface area contributed by atoms with Crippen molar-refractivity contribution >= 4 is 5.69 Å². The van der Waals surface area contributed by atoms with Gasteiger partial charge in [-0.25, -0.2) is 4.98 Å². The van der Waals surface area contributed by atoms with E-state index in [0.29, 0.717) is 11.5 Å². The van der Waals surface area contributed by atoms with Gasteiger partial charge in [0.2, 0.25) is 0 Å². The molecule has 2 atom stereocenters. The average Bonchev–Trinajstić information content (AvgIpc) is 2.98. The zero-order valence-electron chi connectivity index (χ0n) is 12.5. The Morgan fingerprint density at radius 2 is 2.15 bits per heavy atom. The number of nitrogens with zero attached hydrogens (tertiary/aromatic N) is 2. The van der Waals surface area contributed by atoms with Gasteiger partial charge in [0.25, 0.3) is 0 Å². The normalized spacial score (nSPS) is 24.8. The molecule has 1 heterocycles. The summed E-state index contributed by atoms with van der Waals surface area (Å²) in [5.41, 5.74) is 2.81. The number of benzene rings is 1. The molecule has 3 heteroatoms. The van der Waals surface area contributed by atoms with E-state index in [2.05, 4.69) is 55.3 Å². The third kappa shape index (κ3) is 2.72. The van der Waals surface area contributed by atoms with Crippen LogP contribution in [0.5, 0.6) is 0 Å². The van der Waals surface area contributed by atoms with Crippen LogP contribution in [0.2, 0.25) is 0 Å². The number of hydrogen-bond acceptors (Lipinski definition) is 2. The summed E-state index contributed by atoms with van der Waals surface area (Å²) >= 11 is 0. The van der Waals surface area contributed by atoms with Crippen LogP contribution in [0.15, 0.2) is 43.0 Å². The van der Waals surface area contributed by atoms with E-state index in [-0.39, 0.29) is 0 Å². The molecule has 20 heavy (non-hydrogen) atoms. The Hall–Kier alpha value is -1.77. The second-order valence-electron chi connectivity index (χ2n) is 6.82. The Balaban J connectivity index is 1.77. The average molecular weight is 269 g/mol. The lowest BCUT2D eigenvalue weighted by Gasteiger charge is -2.20. The fourth-order valence-corrected chi connectivity index (χ4v) is 3.47. The van der Waals surface area contributed by atoms with Crippen LogP contribution in [0.3, 0.4) is 0 Å². The van der Waals surface area contributed by atoms with Crippen LogP contribution in [-0.4, -0.2) is 15.6 Å². The summed E-state index contributed by atoms with van der Waals surface area (Å²) in [6.07, 6.45) is 8.15. The molecule has 1 saturated carbocycles. The molecule has 1 aliphatic carbocycles. The van der Waals surface area contributed by atoms with Crippen LogP contribution >= 0.6 is 0 Å². The van der Waals surface area contributed by atoms with E-state index in [1.807, 2.05) is 23.3 Å². The standard InChI is InChI=1S/C17H23N3/c1-13-10-17(2,3)11-16(13)19-14-5-4-6-15(9-14)20-8-7-18-12-20/h4-9,12-13,16,19H,10-11H2,1-3H3. The minimum Gasteiger partial charge on any atom is -0.382 e. The zero-order valence-corrected chi connectivity index (χ0v) is 12.5. The Morgan fingerprint density at radius 1 is 1.30 bits per heavy atom. The van der Waals surface area contributed by atoms with Gasteiger partial charge in [-0.1, -0.05) is 26.8 Å². The third-order valence-corrected chi connectivity index (χ3v) is 4.33. The lowest BCUT2D eigenvalue weighted by molar-refractivity contribution is 0.366. The summed E-state index contributed by atoms with van der Waals surface area (Å²) in [7, 11) is 0. The first-order valence-corrected chi connectivity index (χ1v) is 7.38. The number of rotatable bonds is 3. The summed E-state index contributed by atoms with van der Waals surface area (Å²) in [4.78, 5) is 4.11. The van der Waals surface area contributed by atoms with E-state index in [1.54, 1.807) is 0 Å². The summed E-state index contributed by atoms with van der Waals surface area (Å²) in [6, 6.07) is 9.12. The van der Waals surface area contributed by atoms with E-state index in [1.165, 1.54) is 18.5 Å². The maximum atomic E-state index is 4.11. The van der Waals surface area contributed by atoms with E-state index in [4.69, 9.17) is 0 Å². The molecule has 1 aliphatic rings. The quantitative estimate of drug-likeness (QED) is 0.908. The molecule has 0 saturated heterocycles. The van der Waals surface area contributed by atoms with Gasteiger partial charge in [-0.05, 0) is 42.4 Å². The SMILES string of the molecule is CC1CC(C)(C)CC1Nc1cccc(-n2ccnc2)c1. The van der Waals surface area contributed by atoms with Gasteiger partial charge in [-0.15, -0.1) is 0 Å². The topological polar surface area (TPSA) is 29.9 Å². The lowest BCUT2D eigenvalue weighted by atomic mass is 9.91. The van der Waals surface area contributed by atoms with Gasteiger partial charge in [0.15, 0.2) is 0 Å². The molecular weight excluding hydrogens is 246 g/mol. The molecule has 3 rings (SSSR count). The summed E-state index contributed by atoms with van der Waals surface area (Å²) < 4.78 is 2.03. The van der Waals surface area contributed by atoms with Crippen LogP contribution in [0.25, 0.3) is 5.69 Å². The van der Waals surface area contributed by atoms with Crippen LogP contribution in [-0.2, 0) is 0 Å². The largest absolute Gasteiger partial charge is 0.382 e. The molecular formula is C17H23N3. The molecule has 1 aromatic heterocycles. The Kier molecular flexibility index (Phi) is 3.28. The van der Waals surface area contributed by atoms with Crippen molar-refractivity contribution in [2.75, 3.05) is 5.32 Å². The number of hydrogen-bond donors (Lipinski definition) is 1. The van der Waals surface area contributed by atoms with Gasteiger partial charge >= 0.3 is 0 Å². The van der Waals surface area contributed by atoms with Gasteiger partial charge in [0.05, 0.1) is 6.33 Å². The summed E-state index contributed by atoms with van der Waals surface area (Å²) in [6.45, 7) is 7.09. The molecule has 2 aromatic rings. The number of anilines is 1. The zero-order chi connectivity index (χ0) is 14.2. The van der Waals surface area contributed by atoms with Crippen molar-refractivity contribution in [1.82, 2.24) is 9.55 Å². The van der Waals surface area contributed by atoms with E-state index in [9.17, 15) is 0 Å². The second kappa shape index (κ2) is 4.97. The predicted molar refractivity (Wildman–Crippen MR) is 83.2 cm³/mol. The Bertz CT molecular complexity index is 572. The van der Waals surface area contributed by atoms with Crippen molar-refractivity contribution in [1.29, 1.82) is 0 Å². The van der Waals surface area contributed by atoms with Crippen LogP contribution in [0.4, 0.5) is 5.69 Å². The summed E-state index contributed by atoms with van der Waals surface area (Å²) in [5, 5.41) is 3.71. The molecule has 0 amide bonds. The predicted octanol–water partition coefficient (Wildman–Crippen LogP) is 4.11. The molecule has 0 radical (unpaired) electrons. The minimum absolute atomic E-state index is 0.457.